The van der Waals surface area contributed by atoms with E-state index in [0.717, 1.165) is 35.1 Å². The Kier molecular flexibility index (Phi) is 6.27. The molecule has 1 atom stereocenters. The van der Waals surface area contributed by atoms with E-state index in [-0.39, 0.29) is 10.6 Å². The highest BCUT2D eigenvalue weighted by Gasteiger charge is 2.31. The summed E-state index contributed by atoms with van der Waals surface area (Å²) in [5.74, 6) is 2.29. The largest absolute Gasteiger partial charge is 0.347 e. The predicted octanol–water partition coefficient (Wildman–Crippen LogP) is 5.01. The first-order valence-electron chi connectivity index (χ1n) is 8.51. The third kappa shape index (κ3) is 4.72. The fourth-order valence-electron chi connectivity index (χ4n) is 2.94. The van der Waals surface area contributed by atoms with Gasteiger partial charge >= 0.3 is 0 Å². The zero-order valence-corrected chi connectivity index (χ0v) is 16.0. The molecule has 6 heteroatoms. The average Bonchev–Trinajstić information content (AvgIpc) is 2.82. The Balaban J connectivity index is 2.28. The lowest BCUT2D eigenvalue weighted by molar-refractivity contribution is -0.384. The zero-order chi connectivity index (χ0) is 17.9. The molecule has 1 aliphatic rings. The molecular weight excluding hydrogens is 322 g/mol. The quantitative estimate of drug-likeness (QED) is 0.535. The van der Waals surface area contributed by atoms with Crippen molar-refractivity contribution in [1.82, 2.24) is 4.90 Å². The molecule has 132 valence electrons. The molecule has 0 radical (unpaired) electrons. The van der Waals surface area contributed by atoms with Gasteiger partial charge in [-0.15, -0.1) is 0 Å². The van der Waals surface area contributed by atoms with Gasteiger partial charge in [-0.3, -0.25) is 10.1 Å². The molecule has 0 saturated carbocycles. The summed E-state index contributed by atoms with van der Waals surface area (Å²) in [4.78, 5) is 17.8. The Morgan fingerprint density at radius 3 is 2.58 bits per heavy atom. The summed E-state index contributed by atoms with van der Waals surface area (Å²) in [5, 5.41) is 11.9. The van der Waals surface area contributed by atoms with Gasteiger partial charge in [-0.2, -0.15) is 0 Å². The van der Waals surface area contributed by atoms with E-state index in [4.69, 9.17) is 4.99 Å². The Labute approximate surface area is 148 Å². The van der Waals surface area contributed by atoms with Crippen LogP contribution in [0.1, 0.15) is 39.7 Å². The smallest absolute Gasteiger partial charge is 0.269 e. The van der Waals surface area contributed by atoms with Crippen molar-refractivity contribution < 1.29 is 4.92 Å². The number of nitro benzene ring substituents is 1. The van der Waals surface area contributed by atoms with Crippen LogP contribution in [0.15, 0.2) is 23.2 Å². The standard InChI is InChI=1S/C18H27N3O2S/c1-12(2)8-16-11-24-18(20(16)10-13(3)4)19-17-7-6-15(21(22)23)9-14(17)5/h6-7,9,12-13,16H,8,10-11H2,1-5H3/b19-18-. The summed E-state index contributed by atoms with van der Waals surface area (Å²) in [6.07, 6.45) is 1.16. The van der Waals surface area contributed by atoms with E-state index in [1.807, 2.05) is 6.92 Å². The highest BCUT2D eigenvalue weighted by Crippen LogP contribution is 2.32. The molecule has 1 unspecified atom stereocenters. The second-order valence-electron chi connectivity index (χ2n) is 7.26. The number of non-ortho nitro benzene ring substituents is 1. The molecule has 1 aromatic carbocycles. The molecule has 1 aliphatic heterocycles. The van der Waals surface area contributed by atoms with Crippen molar-refractivity contribution in [2.75, 3.05) is 12.3 Å². The lowest BCUT2D eigenvalue weighted by Gasteiger charge is -2.28. The number of rotatable bonds is 6. The zero-order valence-electron chi connectivity index (χ0n) is 15.2. The Bertz CT molecular complexity index is 629. The van der Waals surface area contributed by atoms with Gasteiger partial charge in [-0.25, -0.2) is 4.99 Å². The van der Waals surface area contributed by atoms with Gasteiger partial charge in [0.05, 0.1) is 10.6 Å². The van der Waals surface area contributed by atoms with E-state index in [0.29, 0.717) is 17.9 Å². The second kappa shape index (κ2) is 8.01. The lowest BCUT2D eigenvalue weighted by Crippen LogP contribution is -2.37. The molecule has 0 amide bonds. The van der Waals surface area contributed by atoms with Crippen molar-refractivity contribution in [3.8, 4) is 0 Å². The minimum atomic E-state index is -0.363. The Hall–Kier alpha value is -1.56. The van der Waals surface area contributed by atoms with E-state index in [1.165, 1.54) is 6.07 Å². The fraction of sp³-hybridized carbons (Fsp3) is 0.611. The average molecular weight is 350 g/mol. The molecule has 1 saturated heterocycles. The van der Waals surface area contributed by atoms with Crippen molar-refractivity contribution in [2.45, 2.75) is 47.1 Å². The van der Waals surface area contributed by atoms with Crippen LogP contribution in [0.3, 0.4) is 0 Å². The third-order valence-electron chi connectivity index (χ3n) is 4.00. The molecule has 1 aromatic rings. The van der Waals surface area contributed by atoms with E-state index >= 15 is 0 Å². The summed E-state index contributed by atoms with van der Waals surface area (Å²) < 4.78 is 0. The normalized spacial score (nSPS) is 19.7. The summed E-state index contributed by atoms with van der Waals surface area (Å²) in [6.45, 7) is 11.8. The molecule has 0 bridgehead atoms. The van der Waals surface area contributed by atoms with Crippen LogP contribution in [0, 0.1) is 28.9 Å². The van der Waals surface area contributed by atoms with Crippen molar-refractivity contribution in [1.29, 1.82) is 0 Å². The first kappa shape index (κ1) is 18.8. The van der Waals surface area contributed by atoms with E-state index in [2.05, 4.69) is 32.6 Å². The van der Waals surface area contributed by atoms with Gasteiger partial charge < -0.3 is 4.90 Å². The van der Waals surface area contributed by atoms with Crippen LogP contribution in [-0.4, -0.2) is 33.3 Å². The molecule has 1 heterocycles. The summed E-state index contributed by atoms with van der Waals surface area (Å²) >= 11 is 1.80. The molecule has 1 fully saturated rings. The first-order valence-corrected chi connectivity index (χ1v) is 9.49. The number of nitrogens with zero attached hydrogens (tertiary/aromatic N) is 3. The Morgan fingerprint density at radius 1 is 1.33 bits per heavy atom. The van der Waals surface area contributed by atoms with E-state index in [9.17, 15) is 10.1 Å². The van der Waals surface area contributed by atoms with Gasteiger partial charge in [0, 0.05) is 30.5 Å². The number of amidine groups is 1. The molecule has 24 heavy (non-hydrogen) atoms. The van der Waals surface area contributed by atoms with Crippen molar-refractivity contribution in [3.63, 3.8) is 0 Å². The number of thioether (sulfide) groups is 1. The number of aliphatic imine (C=N–C) groups is 1. The molecule has 0 N–H and O–H groups in total. The van der Waals surface area contributed by atoms with Crippen molar-refractivity contribution in [2.24, 2.45) is 16.8 Å². The summed E-state index contributed by atoms with van der Waals surface area (Å²) in [6, 6.07) is 5.40. The highest BCUT2D eigenvalue weighted by atomic mass is 32.2. The van der Waals surface area contributed by atoms with Gasteiger partial charge in [0.1, 0.15) is 0 Å². The second-order valence-corrected chi connectivity index (χ2v) is 8.25. The minimum absolute atomic E-state index is 0.118. The summed E-state index contributed by atoms with van der Waals surface area (Å²) in [5.41, 5.74) is 1.78. The fourth-order valence-corrected chi connectivity index (χ4v) is 4.15. The van der Waals surface area contributed by atoms with Crippen LogP contribution in [0.25, 0.3) is 0 Å². The Morgan fingerprint density at radius 2 is 2.04 bits per heavy atom. The number of benzene rings is 1. The maximum Gasteiger partial charge on any atom is 0.269 e. The maximum absolute atomic E-state index is 10.9. The lowest BCUT2D eigenvalue weighted by atomic mass is 10.0. The van der Waals surface area contributed by atoms with Crippen LogP contribution in [-0.2, 0) is 0 Å². The van der Waals surface area contributed by atoms with E-state index < -0.39 is 0 Å². The number of hydrogen-bond donors (Lipinski definition) is 0. The predicted molar refractivity (Wildman–Crippen MR) is 102 cm³/mol. The summed E-state index contributed by atoms with van der Waals surface area (Å²) in [7, 11) is 0. The van der Waals surface area contributed by atoms with Crippen LogP contribution in [0.4, 0.5) is 11.4 Å². The third-order valence-corrected chi connectivity index (χ3v) is 5.14. The highest BCUT2D eigenvalue weighted by molar-refractivity contribution is 8.14. The molecular formula is C18H27N3O2S. The molecule has 5 nitrogen and oxygen atoms in total. The molecule has 2 rings (SSSR count). The van der Waals surface area contributed by atoms with Gasteiger partial charge in [-0.1, -0.05) is 39.5 Å². The van der Waals surface area contributed by atoms with Gasteiger partial charge in [0.2, 0.25) is 0 Å². The van der Waals surface area contributed by atoms with Gasteiger partial charge in [0.25, 0.3) is 5.69 Å². The molecule has 0 aromatic heterocycles. The van der Waals surface area contributed by atoms with Gasteiger partial charge in [0.15, 0.2) is 5.17 Å². The molecule has 0 aliphatic carbocycles. The van der Waals surface area contributed by atoms with Crippen LogP contribution < -0.4 is 0 Å². The molecule has 0 spiro atoms. The van der Waals surface area contributed by atoms with Crippen molar-refractivity contribution in [3.05, 3.63) is 33.9 Å². The van der Waals surface area contributed by atoms with Crippen LogP contribution >= 0.6 is 11.8 Å². The number of nitro groups is 1. The maximum atomic E-state index is 10.9. The van der Waals surface area contributed by atoms with Crippen LogP contribution in [0.2, 0.25) is 0 Å². The monoisotopic (exact) mass is 349 g/mol. The SMILES string of the molecule is Cc1cc([N+](=O)[O-])ccc1/N=C1\SCC(CC(C)C)N1CC(C)C. The first-order chi connectivity index (χ1) is 11.3. The number of hydrogen-bond acceptors (Lipinski definition) is 4. The van der Waals surface area contributed by atoms with Crippen molar-refractivity contribution >= 4 is 28.3 Å². The van der Waals surface area contributed by atoms with E-state index in [1.54, 1.807) is 23.9 Å². The number of aryl methyl sites for hydroxylation is 1. The minimum Gasteiger partial charge on any atom is -0.347 e. The topological polar surface area (TPSA) is 58.7 Å². The van der Waals surface area contributed by atoms with Crippen LogP contribution in [0.5, 0.6) is 0 Å². The van der Waals surface area contributed by atoms with Gasteiger partial charge in [-0.05, 0) is 36.8 Å².